The minimum Gasteiger partial charge on any atom is -0.466 e. The van der Waals surface area contributed by atoms with Crippen molar-refractivity contribution < 1.29 is 13.9 Å². The highest BCUT2D eigenvalue weighted by Gasteiger charge is 2.14. The third kappa shape index (κ3) is 2.94. The lowest BCUT2D eigenvalue weighted by Gasteiger charge is -2.06. The largest absolute Gasteiger partial charge is 0.466 e. The number of esters is 1. The number of hydrogen-bond donors (Lipinski definition) is 0. The van der Waals surface area contributed by atoms with Crippen LogP contribution >= 0.6 is 11.6 Å². The first-order chi connectivity index (χ1) is 7.58. The van der Waals surface area contributed by atoms with Gasteiger partial charge in [-0.3, -0.25) is 4.79 Å². The zero-order valence-corrected chi connectivity index (χ0v) is 9.34. The van der Waals surface area contributed by atoms with Gasteiger partial charge in [0.05, 0.1) is 24.7 Å². The van der Waals surface area contributed by atoms with Crippen LogP contribution < -0.4 is 0 Å². The zero-order chi connectivity index (χ0) is 12.1. The molecule has 0 saturated heterocycles. The molecule has 0 fully saturated rings. The maximum atomic E-state index is 12.9. The Hall–Kier alpha value is -1.60. The summed E-state index contributed by atoms with van der Waals surface area (Å²) >= 11 is 5.76. The van der Waals surface area contributed by atoms with Crippen LogP contribution in [-0.2, 0) is 16.0 Å². The zero-order valence-electron chi connectivity index (χ0n) is 8.59. The van der Waals surface area contributed by atoms with Crippen LogP contribution in [0.2, 0.25) is 5.02 Å². The summed E-state index contributed by atoms with van der Waals surface area (Å²) in [6.45, 7) is 1.93. The number of nitriles is 1. The van der Waals surface area contributed by atoms with E-state index in [9.17, 15) is 9.18 Å². The van der Waals surface area contributed by atoms with Crippen LogP contribution in [0.3, 0.4) is 0 Å². The Bertz CT molecular complexity index is 454. The fourth-order valence-electron chi connectivity index (χ4n) is 1.24. The average molecular weight is 242 g/mol. The molecule has 0 unspecified atom stereocenters. The summed E-state index contributed by atoms with van der Waals surface area (Å²) in [5.41, 5.74) is 0.349. The molecule has 5 heteroatoms. The molecule has 0 aliphatic heterocycles. The predicted octanol–water partition coefficient (Wildman–Crippen LogP) is 2.46. The summed E-state index contributed by atoms with van der Waals surface area (Å²) in [6.07, 6.45) is -0.129. The molecule has 0 N–H and O–H groups in total. The number of benzene rings is 1. The number of hydrogen-bond acceptors (Lipinski definition) is 3. The molecule has 0 bridgehead atoms. The van der Waals surface area contributed by atoms with Gasteiger partial charge >= 0.3 is 5.97 Å². The standard InChI is InChI=1S/C11H9ClFNO2/c1-2-16-11(15)5-9-7(6-14)3-8(13)4-10(9)12/h3-4H,2,5H2,1H3. The lowest BCUT2D eigenvalue weighted by molar-refractivity contribution is -0.142. The van der Waals surface area contributed by atoms with E-state index in [2.05, 4.69) is 0 Å². The van der Waals surface area contributed by atoms with Crippen molar-refractivity contribution in [3.8, 4) is 6.07 Å². The summed E-state index contributed by atoms with van der Waals surface area (Å²) in [4.78, 5) is 11.2. The maximum absolute atomic E-state index is 12.9. The first-order valence-electron chi connectivity index (χ1n) is 4.62. The van der Waals surface area contributed by atoms with Crippen molar-refractivity contribution in [2.75, 3.05) is 6.61 Å². The van der Waals surface area contributed by atoms with E-state index in [1.165, 1.54) is 0 Å². The van der Waals surface area contributed by atoms with Crippen molar-refractivity contribution in [2.24, 2.45) is 0 Å². The minimum absolute atomic E-state index is 0.0538. The SMILES string of the molecule is CCOC(=O)Cc1c(Cl)cc(F)cc1C#N. The Morgan fingerprint density at radius 3 is 2.88 bits per heavy atom. The van der Waals surface area contributed by atoms with Gasteiger partial charge in [0, 0.05) is 5.02 Å². The van der Waals surface area contributed by atoms with Crippen molar-refractivity contribution in [3.63, 3.8) is 0 Å². The first kappa shape index (κ1) is 12.5. The summed E-state index contributed by atoms with van der Waals surface area (Å²) in [6, 6.07) is 3.90. The Morgan fingerprint density at radius 2 is 2.31 bits per heavy atom. The van der Waals surface area contributed by atoms with E-state index in [0.717, 1.165) is 12.1 Å². The third-order valence-corrected chi connectivity index (χ3v) is 2.24. The molecule has 0 radical (unpaired) electrons. The highest BCUT2D eigenvalue weighted by molar-refractivity contribution is 6.31. The van der Waals surface area contributed by atoms with Crippen LogP contribution in [0.15, 0.2) is 12.1 Å². The second kappa shape index (κ2) is 5.47. The van der Waals surface area contributed by atoms with Gasteiger partial charge in [-0.1, -0.05) is 11.6 Å². The van der Waals surface area contributed by atoms with Crippen molar-refractivity contribution in [3.05, 3.63) is 34.1 Å². The number of rotatable bonds is 3. The first-order valence-corrected chi connectivity index (χ1v) is 5.00. The van der Waals surface area contributed by atoms with Gasteiger partial charge in [-0.05, 0) is 24.6 Å². The summed E-state index contributed by atoms with van der Waals surface area (Å²) in [5, 5.41) is 8.84. The lowest BCUT2D eigenvalue weighted by atomic mass is 10.1. The van der Waals surface area contributed by atoms with Gasteiger partial charge in [-0.15, -0.1) is 0 Å². The molecule has 1 aromatic rings. The van der Waals surface area contributed by atoms with Gasteiger partial charge in [0.2, 0.25) is 0 Å². The Morgan fingerprint density at radius 1 is 1.62 bits per heavy atom. The van der Waals surface area contributed by atoms with Crippen molar-refractivity contribution >= 4 is 17.6 Å². The monoisotopic (exact) mass is 241 g/mol. The summed E-state index contributed by atoms with van der Waals surface area (Å²) in [5.74, 6) is -1.10. The second-order valence-corrected chi connectivity index (χ2v) is 3.41. The van der Waals surface area contributed by atoms with Crippen LogP contribution in [0, 0.1) is 17.1 Å². The second-order valence-electron chi connectivity index (χ2n) is 3.01. The number of halogens is 2. The van der Waals surface area contributed by atoms with Crippen molar-refractivity contribution in [1.82, 2.24) is 0 Å². The van der Waals surface area contributed by atoms with Gasteiger partial charge in [0.25, 0.3) is 0 Å². The van der Waals surface area contributed by atoms with Gasteiger partial charge in [0.1, 0.15) is 5.82 Å². The molecule has 0 amide bonds. The Labute approximate surface area is 97.4 Å². The number of carbonyl (C=O) groups excluding carboxylic acids is 1. The highest BCUT2D eigenvalue weighted by atomic mass is 35.5. The van der Waals surface area contributed by atoms with Crippen LogP contribution in [0.4, 0.5) is 4.39 Å². The van der Waals surface area contributed by atoms with Gasteiger partial charge in [-0.2, -0.15) is 5.26 Å². The Balaban J connectivity index is 3.04. The van der Waals surface area contributed by atoms with E-state index >= 15 is 0 Å². The van der Waals surface area contributed by atoms with Crippen molar-refractivity contribution in [2.45, 2.75) is 13.3 Å². The Kier molecular flexibility index (Phi) is 4.27. The van der Waals surface area contributed by atoms with E-state index in [1.54, 1.807) is 13.0 Å². The summed E-state index contributed by atoms with van der Waals surface area (Å²) in [7, 11) is 0. The van der Waals surface area contributed by atoms with Crippen LogP contribution in [-0.4, -0.2) is 12.6 Å². The van der Waals surface area contributed by atoms with Gasteiger partial charge in [0.15, 0.2) is 0 Å². The molecule has 1 aromatic carbocycles. The quantitative estimate of drug-likeness (QED) is 0.764. The third-order valence-electron chi connectivity index (χ3n) is 1.91. The smallest absolute Gasteiger partial charge is 0.310 e. The molecule has 0 aromatic heterocycles. The van der Waals surface area contributed by atoms with E-state index in [0.29, 0.717) is 5.56 Å². The van der Waals surface area contributed by atoms with E-state index in [1.807, 2.05) is 0 Å². The molecule has 0 spiro atoms. The molecule has 0 aliphatic carbocycles. The normalized spacial score (nSPS) is 9.62. The van der Waals surface area contributed by atoms with Crippen LogP contribution in [0.25, 0.3) is 0 Å². The molecular formula is C11H9ClFNO2. The van der Waals surface area contributed by atoms with Crippen molar-refractivity contribution in [1.29, 1.82) is 5.26 Å². The van der Waals surface area contributed by atoms with Gasteiger partial charge in [-0.25, -0.2) is 4.39 Å². The molecule has 0 atom stereocenters. The fraction of sp³-hybridized carbons (Fsp3) is 0.273. The highest BCUT2D eigenvalue weighted by Crippen LogP contribution is 2.22. The molecule has 1 rings (SSSR count). The van der Waals surface area contributed by atoms with Crippen LogP contribution in [0.5, 0.6) is 0 Å². The predicted molar refractivity (Wildman–Crippen MR) is 56.5 cm³/mol. The topological polar surface area (TPSA) is 50.1 Å². The average Bonchev–Trinajstić information content (AvgIpc) is 2.22. The maximum Gasteiger partial charge on any atom is 0.310 e. The van der Waals surface area contributed by atoms with E-state index in [-0.39, 0.29) is 23.6 Å². The van der Waals surface area contributed by atoms with E-state index < -0.39 is 11.8 Å². The number of carbonyl (C=O) groups is 1. The summed E-state index contributed by atoms with van der Waals surface area (Å²) < 4.78 is 17.7. The molecule has 0 aliphatic rings. The lowest BCUT2D eigenvalue weighted by Crippen LogP contribution is -2.09. The molecule has 0 heterocycles. The van der Waals surface area contributed by atoms with Gasteiger partial charge < -0.3 is 4.74 Å². The van der Waals surface area contributed by atoms with E-state index in [4.69, 9.17) is 21.6 Å². The minimum atomic E-state index is -0.603. The van der Waals surface area contributed by atoms with Crippen LogP contribution in [0.1, 0.15) is 18.1 Å². The number of nitrogens with zero attached hydrogens (tertiary/aromatic N) is 1. The molecule has 3 nitrogen and oxygen atoms in total. The molecule has 16 heavy (non-hydrogen) atoms. The molecular weight excluding hydrogens is 233 g/mol. The molecule has 0 saturated carbocycles. The fourth-order valence-corrected chi connectivity index (χ4v) is 1.51. The number of ether oxygens (including phenoxy) is 1. The molecule has 84 valence electrons.